The Morgan fingerprint density at radius 1 is 1.37 bits per heavy atom. The molecule has 0 saturated heterocycles. The summed E-state index contributed by atoms with van der Waals surface area (Å²) in [6.45, 7) is 3.54. The Hall–Kier alpha value is -1.35. The predicted molar refractivity (Wildman–Crippen MR) is 77.8 cm³/mol. The van der Waals surface area contributed by atoms with E-state index in [1.807, 2.05) is 0 Å². The molecule has 0 bridgehead atoms. The maximum Gasteiger partial charge on any atom is 0.231 e. The second-order valence-corrected chi connectivity index (χ2v) is 5.40. The van der Waals surface area contributed by atoms with Crippen LogP contribution in [0.15, 0.2) is 24.3 Å². The van der Waals surface area contributed by atoms with Gasteiger partial charge in [-0.15, -0.1) is 0 Å². The molecular weight excluding hydrogens is 236 g/mol. The molecule has 0 aromatic heterocycles. The third-order valence-electron chi connectivity index (χ3n) is 3.96. The van der Waals surface area contributed by atoms with Gasteiger partial charge in [-0.3, -0.25) is 9.69 Å². The average Bonchev–Trinajstić information content (AvgIpc) is 2.40. The smallest absolute Gasteiger partial charge is 0.231 e. The van der Waals surface area contributed by atoms with E-state index >= 15 is 0 Å². The van der Waals surface area contributed by atoms with Crippen LogP contribution < -0.4 is 5.73 Å². The number of nitrogens with two attached hydrogens (primary N) is 1. The molecule has 1 aromatic carbocycles. The molecule has 0 fully saturated rings. The molecule has 0 radical (unpaired) electrons. The minimum atomic E-state index is -0.222. The number of rotatable bonds is 6. The van der Waals surface area contributed by atoms with Crippen molar-refractivity contribution in [2.75, 3.05) is 13.1 Å². The summed E-state index contributed by atoms with van der Waals surface area (Å²) in [5.74, 6) is -0.222. The highest BCUT2D eigenvalue weighted by molar-refractivity contribution is 5.76. The highest BCUT2D eigenvalue weighted by Crippen LogP contribution is 2.33. The first-order chi connectivity index (χ1) is 9.22. The van der Waals surface area contributed by atoms with Gasteiger partial charge >= 0.3 is 0 Å². The van der Waals surface area contributed by atoms with Gasteiger partial charge in [0.1, 0.15) is 0 Å². The minimum absolute atomic E-state index is 0.222. The van der Waals surface area contributed by atoms with E-state index in [2.05, 4.69) is 36.1 Å². The summed E-state index contributed by atoms with van der Waals surface area (Å²) in [6.07, 6.45) is 5.84. The molecule has 0 saturated carbocycles. The van der Waals surface area contributed by atoms with Gasteiger partial charge in [0.05, 0.1) is 6.54 Å². The molecule has 2 rings (SSSR count). The first-order valence-electron chi connectivity index (χ1n) is 7.32. The van der Waals surface area contributed by atoms with Crippen LogP contribution >= 0.6 is 0 Å². The van der Waals surface area contributed by atoms with Crippen LogP contribution in [0.3, 0.4) is 0 Å². The number of unbranched alkanes of at least 4 members (excludes halogenated alkanes) is 2. The average molecular weight is 260 g/mol. The van der Waals surface area contributed by atoms with Crippen molar-refractivity contribution in [3.8, 4) is 0 Å². The Balaban J connectivity index is 2.15. The lowest BCUT2D eigenvalue weighted by Gasteiger charge is -2.36. The molecule has 1 atom stereocenters. The standard InChI is InChI=1S/C16H24N2O/c1-2-3-4-9-15-14-8-6-5-7-13(14)10-11-18(15)12-16(17)19/h5-8,15H,2-4,9-12H2,1H3,(H2,17,19). The summed E-state index contributed by atoms with van der Waals surface area (Å²) in [4.78, 5) is 13.5. The van der Waals surface area contributed by atoms with Crippen molar-refractivity contribution in [3.63, 3.8) is 0 Å². The Kier molecular flexibility index (Phi) is 4.97. The summed E-state index contributed by atoms with van der Waals surface area (Å²) >= 11 is 0. The third kappa shape index (κ3) is 3.57. The molecule has 1 aliphatic rings. The Morgan fingerprint density at radius 2 is 2.16 bits per heavy atom. The molecular formula is C16H24N2O. The van der Waals surface area contributed by atoms with Gasteiger partial charge in [0.15, 0.2) is 0 Å². The van der Waals surface area contributed by atoms with Crippen molar-refractivity contribution in [2.24, 2.45) is 5.73 Å². The van der Waals surface area contributed by atoms with E-state index in [4.69, 9.17) is 5.73 Å². The minimum Gasteiger partial charge on any atom is -0.369 e. The fraction of sp³-hybridized carbons (Fsp3) is 0.562. The molecule has 104 valence electrons. The number of hydrogen-bond donors (Lipinski definition) is 1. The summed E-state index contributed by atoms with van der Waals surface area (Å²) in [6, 6.07) is 8.98. The highest BCUT2D eigenvalue weighted by atomic mass is 16.1. The van der Waals surface area contributed by atoms with Crippen molar-refractivity contribution in [3.05, 3.63) is 35.4 Å². The van der Waals surface area contributed by atoms with Gasteiger partial charge < -0.3 is 5.73 Å². The molecule has 1 aromatic rings. The highest BCUT2D eigenvalue weighted by Gasteiger charge is 2.27. The van der Waals surface area contributed by atoms with Gasteiger partial charge in [-0.25, -0.2) is 0 Å². The Labute approximate surface area is 115 Å². The van der Waals surface area contributed by atoms with E-state index < -0.39 is 0 Å². The van der Waals surface area contributed by atoms with Gasteiger partial charge in [0.2, 0.25) is 5.91 Å². The van der Waals surface area contributed by atoms with Gasteiger partial charge in [-0.2, -0.15) is 0 Å². The number of fused-ring (bicyclic) bond motifs is 1. The number of carbonyl (C=O) groups excluding carboxylic acids is 1. The number of hydrogen-bond acceptors (Lipinski definition) is 2. The number of primary amides is 1. The van der Waals surface area contributed by atoms with E-state index in [0.717, 1.165) is 19.4 Å². The van der Waals surface area contributed by atoms with Crippen molar-refractivity contribution in [2.45, 2.75) is 45.1 Å². The molecule has 0 aliphatic carbocycles. The monoisotopic (exact) mass is 260 g/mol. The fourth-order valence-electron chi connectivity index (χ4n) is 3.02. The van der Waals surface area contributed by atoms with Crippen molar-refractivity contribution in [1.29, 1.82) is 0 Å². The van der Waals surface area contributed by atoms with Crippen LogP contribution in [0.1, 0.15) is 49.8 Å². The van der Waals surface area contributed by atoms with E-state index in [1.54, 1.807) is 0 Å². The predicted octanol–water partition coefficient (Wildman–Crippen LogP) is 2.65. The summed E-state index contributed by atoms with van der Waals surface area (Å²) in [5, 5.41) is 0. The second-order valence-electron chi connectivity index (χ2n) is 5.40. The van der Waals surface area contributed by atoms with Crippen molar-refractivity contribution in [1.82, 2.24) is 4.90 Å². The van der Waals surface area contributed by atoms with Crippen LogP contribution in [0, 0.1) is 0 Å². The molecule has 3 heteroatoms. The lowest BCUT2D eigenvalue weighted by molar-refractivity contribution is -0.119. The molecule has 1 heterocycles. The normalized spacial score (nSPS) is 19.1. The van der Waals surface area contributed by atoms with E-state index in [-0.39, 0.29) is 5.91 Å². The van der Waals surface area contributed by atoms with Crippen LogP contribution in [0.2, 0.25) is 0 Å². The lowest BCUT2D eigenvalue weighted by atomic mass is 9.89. The van der Waals surface area contributed by atoms with Crippen LogP contribution in [0.4, 0.5) is 0 Å². The number of benzene rings is 1. The SMILES string of the molecule is CCCCCC1c2ccccc2CCN1CC(N)=O. The number of amides is 1. The Bertz CT molecular complexity index is 431. The number of carbonyl (C=O) groups is 1. The van der Waals surface area contributed by atoms with Gasteiger partial charge in [-0.1, -0.05) is 50.5 Å². The topological polar surface area (TPSA) is 46.3 Å². The van der Waals surface area contributed by atoms with E-state index in [0.29, 0.717) is 12.6 Å². The van der Waals surface area contributed by atoms with E-state index in [9.17, 15) is 4.79 Å². The van der Waals surface area contributed by atoms with Crippen LogP contribution in [0.5, 0.6) is 0 Å². The lowest BCUT2D eigenvalue weighted by Crippen LogP contribution is -2.41. The van der Waals surface area contributed by atoms with E-state index in [1.165, 1.54) is 30.4 Å². The fourth-order valence-corrected chi connectivity index (χ4v) is 3.02. The molecule has 2 N–H and O–H groups in total. The largest absolute Gasteiger partial charge is 0.369 e. The van der Waals surface area contributed by atoms with Crippen LogP contribution in [-0.2, 0) is 11.2 Å². The third-order valence-corrected chi connectivity index (χ3v) is 3.96. The number of nitrogens with zero attached hydrogens (tertiary/aromatic N) is 1. The summed E-state index contributed by atoms with van der Waals surface area (Å²) in [5.41, 5.74) is 8.21. The van der Waals surface area contributed by atoms with Gasteiger partial charge in [0.25, 0.3) is 0 Å². The van der Waals surface area contributed by atoms with Crippen molar-refractivity contribution < 1.29 is 4.79 Å². The molecule has 1 amide bonds. The molecule has 0 spiro atoms. The van der Waals surface area contributed by atoms with Gasteiger partial charge in [-0.05, 0) is 24.0 Å². The van der Waals surface area contributed by atoms with Crippen LogP contribution in [0.25, 0.3) is 0 Å². The molecule has 3 nitrogen and oxygen atoms in total. The quantitative estimate of drug-likeness (QED) is 0.799. The maximum absolute atomic E-state index is 11.2. The zero-order valence-electron chi connectivity index (χ0n) is 11.8. The van der Waals surface area contributed by atoms with Crippen molar-refractivity contribution >= 4 is 5.91 Å². The molecule has 1 unspecified atom stereocenters. The zero-order chi connectivity index (χ0) is 13.7. The maximum atomic E-state index is 11.2. The zero-order valence-corrected chi connectivity index (χ0v) is 11.8. The molecule has 1 aliphatic heterocycles. The molecule has 19 heavy (non-hydrogen) atoms. The summed E-state index contributed by atoms with van der Waals surface area (Å²) in [7, 11) is 0. The first-order valence-corrected chi connectivity index (χ1v) is 7.32. The second kappa shape index (κ2) is 6.71. The first kappa shape index (κ1) is 14.1. The van der Waals surface area contributed by atoms with Gasteiger partial charge in [0, 0.05) is 12.6 Å². The van der Waals surface area contributed by atoms with Crippen LogP contribution in [-0.4, -0.2) is 23.9 Å². The Morgan fingerprint density at radius 3 is 2.89 bits per heavy atom. The summed E-state index contributed by atoms with van der Waals surface area (Å²) < 4.78 is 0.